The van der Waals surface area contributed by atoms with E-state index in [1.807, 2.05) is 0 Å². The molecule has 0 saturated carbocycles. The molecule has 2 nitrogen and oxygen atoms in total. The predicted molar refractivity (Wildman–Crippen MR) is 39.8 cm³/mol. The van der Waals surface area contributed by atoms with Gasteiger partial charge in [-0.15, -0.1) is 0 Å². The number of aliphatic imine (C=N–C) groups is 1. The molecule has 0 amide bonds. The molecule has 68 valence electrons. The van der Waals surface area contributed by atoms with Gasteiger partial charge >= 0.3 is 6.18 Å². The Balaban J connectivity index is 5.09. The molecule has 0 unspecified atom stereocenters. The van der Waals surface area contributed by atoms with E-state index in [2.05, 4.69) is 23.0 Å². The lowest BCUT2D eigenvalue weighted by molar-refractivity contribution is -0.0913. The maximum atomic E-state index is 12.0. The largest absolute Gasteiger partial charge is 0.481 e. The predicted octanol–water partition coefficient (Wildman–Crippen LogP) is 2.29. The van der Waals surface area contributed by atoms with Crippen LogP contribution in [0.1, 0.15) is 0 Å². The van der Waals surface area contributed by atoms with Gasteiger partial charge in [0.1, 0.15) is 5.57 Å². The van der Waals surface area contributed by atoms with E-state index in [1.54, 1.807) is 0 Å². The van der Waals surface area contributed by atoms with Gasteiger partial charge in [-0.25, -0.2) is 4.99 Å². The van der Waals surface area contributed by atoms with Crippen LogP contribution in [0.15, 0.2) is 29.1 Å². The van der Waals surface area contributed by atoms with Crippen molar-refractivity contribution in [3.05, 3.63) is 24.1 Å². The van der Waals surface area contributed by atoms with Crippen molar-refractivity contribution in [1.29, 1.82) is 0 Å². The lowest BCUT2D eigenvalue weighted by atomic mass is 10.2. The third kappa shape index (κ3) is 2.41. The maximum Gasteiger partial charge on any atom is 0.421 e. The van der Waals surface area contributed by atoms with E-state index in [4.69, 9.17) is 0 Å². The molecule has 0 aromatic heterocycles. The number of rotatable bonds is 3. The second-order valence-electron chi connectivity index (χ2n) is 1.78. The molecule has 0 radical (unpaired) electrons. The van der Waals surface area contributed by atoms with E-state index in [0.717, 1.165) is 7.11 Å². The lowest BCUT2D eigenvalue weighted by Gasteiger charge is -2.09. The maximum absolute atomic E-state index is 12.0. The highest BCUT2D eigenvalue weighted by atomic mass is 19.4. The standard InChI is InChI=1S/C7H8F3NO/c1-4-5(7(8,9)10)6(11-2)12-3/h4H,1-2H2,3H3/b6-5-. The lowest BCUT2D eigenvalue weighted by Crippen LogP contribution is -2.12. The van der Waals surface area contributed by atoms with Crippen LogP contribution in [0.3, 0.4) is 0 Å². The summed E-state index contributed by atoms with van der Waals surface area (Å²) in [5, 5.41) is 0. The van der Waals surface area contributed by atoms with E-state index in [0.29, 0.717) is 6.08 Å². The molecule has 0 aromatic carbocycles. The Morgan fingerprint density at radius 2 is 2.00 bits per heavy atom. The number of hydrogen-bond donors (Lipinski definition) is 0. The first kappa shape index (κ1) is 10.7. The van der Waals surface area contributed by atoms with Crippen molar-refractivity contribution in [3.8, 4) is 0 Å². The number of hydrogen-bond acceptors (Lipinski definition) is 2. The fourth-order valence-corrected chi connectivity index (χ4v) is 0.584. The minimum absolute atomic E-state index is 0.572. The molecular formula is C7H8F3NO. The van der Waals surface area contributed by atoms with E-state index >= 15 is 0 Å². The van der Waals surface area contributed by atoms with Gasteiger partial charge < -0.3 is 4.74 Å². The molecule has 0 rings (SSSR count). The second kappa shape index (κ2) is 3.94. The molecule has 0 aliphatic heterocycles. The Hall–Kier alpha value is -1.26. The third-order valence-corrected chi connectivity index (χ3v) is 1.08. The van der Waals surface area contributed by atoms with Crippen molar-refractivity contribution in [3.63, 3.8) is 0 Å². The topological polar surface area (TPSA) is 21.6 Å². The van der Waals surface area contributed by atoms with Crippen LogP contribution in [0.5, 0.6) is 0 Å². The van der Waals surface area contributed by atoms with Gasteiger partial charge in [0.2, 0.25) is 5.88 Å². The van der Waals surface area contributed by atoms with Gasteiger partial charge in [-0.1, -0.05) is 12.7 Å². The first-order valence-electron chi connectivity index (χ1n) is 2.92. The average molecular weight is 179 g/mol. The number of allylic oxidation sites excluding steroid dienone is 2. The Kier molecular flexibility index (Phi) is 3.53. The van der Waals surface area contributed by atoms with Crippen LogP contribution < -0.4 is 0 Å². The SMILES string of the molecule is C=C/C(=C(\N=C)OC)C(F)(F)F. The van der Waals surface area contributed by atoms with Crippen LogP contribution in [-0.4, -0.2) is 20.0 Å². The molecule has 0 aliphatic rings. The average Bonchev–Trinajstić information content (AvgIpc) is 1.97. The summed E-state index contributed by atoms with van der Waals surface area (Å²) in [4.78, 5) is 3.06. The normalized spacial score (nSPS) is 13.3. The molecule has 0 atom stereocenters. The van der Waals surface area contributed by atoms with Crippen LogP contribution in [0, 0.1) is 0 Å². The molecule has 0 spiro atoms. The summed E-state index contributed by atoms with van der Waals surface area (Å²) < 4.78 is 40.5. The summed E-state index contributed by atoms with van der Waals surface area (Å²) in [6.45, 7) is 5.93. The Bertz CT molecular complexity index is 217. The minimum Gasteiger partial charge on any atom is -0.481 e. The van der Waals surface area contributed by atoms with Crippen molar-refractivity contribution >= 4 is 6.72 Å². The van der Waals surface area contributed by atoms with Crippen LogP contribution in [0.25, 0.3) is 0 Å². The molecule has 0 N–H and O–H groups in total. The molecule has 0 aromatic rings. The molecule has 0 aliphatic carbocycles. The van der Waals surface area contributed by atoms with Crippen LogP contribution >= 0.6 is 0 Å². The Morgan fingerprint density at radius 3 is 2.08 bits per heavy atom. The molecule has 5 heteroatoms. The summed E-state index contributed by atoms with van der Waals surface area (Å²) in [6, 6.07) is 0. The molecular weight excluding hydrogens is 171 g/mol. The van der Waals surface area contributed by atoms with Gasteiger partial charge in [-0.3, -0.25) is 0 Å². The summed E-state index contributed by atoms with van der Waals surface area (Å²) in [7, 11) is 1.08. The molecule has 0 saturated heterocycles. The van der Waals surface area contributed by atoms with E-state index in [9.17, 15) is 13.2 Å². The van der Waals surface area contributed by atoms with Crippen molar-refractivity contribution < 1.29 is 17.9 Å². The summed E-state index contributed by atoms with van der Waals surface area (Å²) in [5.41, 5.74) is -1.03. The third-order valence-electron chi connectivity index (χ3n) is 1.08. The zero-order chi connectivity index (χ0) is 9.78. The van der Waals surface area contributed by atoms with Gasteiger partial charge in [-0.2, -0.15) is 13.2 Å². The highest BCUT2D eigenvalue weighted by Gasteiger charge is 2.35. The number of nitrogens with zero attached hydrogens (tertiary/aromatic N) is 1. The summed E-state index contributed by atoms with van der Waals surface area (Å²) in [6.07, 6.45) is -3.87. The van der Waals surface area contributed by atoms with Crippen LogP contribution in [0.2, 0.25) is 0 Å². The highest BCUT2D eigenvalue weighted by Crippen LogP contribution is 2.29. The summed E-state index contributed by atoms with van der Waals surface area (Å²) in [5.74, 6) is -0.572. The van der Waals surface area contributed by atoms with Crippen molar-refractivity contribution in [2.24, 2.45) is 4.99 Å². The van der Waals surface area contributed by atoms with E-state index in [1.165, 1.54) is 0 Å². The molecule has 0 bridgehead atoms. The second-order valence-corrected chi connectivity index (χ2v) is 1.78. The Labute approximate surface area is 68.1 Å². The zero-order valence-electron chi connectivity index (χ0n) is 6.48. The van der Waals surface area contributed by atoms with Gasteiger partial charge in [0, 0.05) is 0 Å². The summed E-state index contributed by atoms with van der Waals surface area (Å²) >= 11 is 0. The zero-order valence-corrected chi connectivity index (χ0v) is 6.48. The van der Waals surface area contributed by atoms with Crippen LogP contribution in [-0.2, 0) is 4.74 Å². The minimum atomic E-state index is -4.51. The monoisotopic (exact) mass is 179 g/mol. The van der Waals surface area contributed by atoms with Crippen molar-refractivity contribution in [2.45, 2.75) is 6.18 Å². The van der Waals surface area contributed by atoms with Gasteiger partial charge in [0.15, 0.2) is 0 Å². The number of ether oxygens (including phenoxy) is 1. The van der Waals surface area contributed by atoms with Crippen molar-refractivity contribution in [2.75, 3.05) is 7.11 Å². The number of alkyl halides is 3. The number of methoxy groups -OCH3 is 1. The molecule has 0 heterocycles. The first-order chi connectivity index (χ1) is 5.47. The molecule has 12 heavy (non-hydrogen) atoms. The van der Waals surface area contributed by atoms with Crippen molar-refractivity contribution in [1.82, 2.24) is 0 Å². The smallest absolute Gasteiger partial charge is 0.421 e. The van der Waals surface area contributed by atoms with Gasteiger partial charge in [0.25, 0.3) is 0 Å². The quantitative estimate of drug-likeness (QED) is 0.370. The molecule has 0 fully saturated rings. The number of halogens is 3. The van der Waals surface area contributed by atoms with Gasteiger partial charge in [-0.05, 0) is 6.72 Å². The fraction of sp³-hybridized carbons (Fsp3) is 0.286. The van der Waals surface area contributed by atoms with Gasteiger partial charge in [0.05, 0.1) is 7.11 Å². The van der Waals surface area contributed by atoms with E-state index < -0.39 is 17.6 Å². The van der Waals surface area contributed by atoms with E-state index in [-0.39, 0.29) is 0 Å². The highest BCUT2D eigenvalue weighted by molar-refractivity contribution is 5.33. The fourth-order valence-electron chi connectivity index (χ4n) is 0.584. The first-order valence-corrected chi connectivity index (χ1v) is 2.92. The van der Waals surface area contributed by atoms with Crippen LogP contribution in [0.4, 0.5) is 13.2 Å². The Morgan fingerprint density at radius 1 is 1.50 bits per heavy atom.